The average molecular weight is 731 g/mol. The summed E-state index contributed by atoms with van der Waals surface area (Å²) < 4.78 is 14.6. The van der Waals surface area contributed by atoms with Crippen LogP contribution in [0.2, 0.25) is 0 Å². The highest BCUT2D eigenvalue weighted by Gasteiger charge is 2.57. The predicted octanol–water partition coefficient (Wildman–Crippen LogP) is 7.43. The largest absolute Gasteiger partial charge is 0.493 e. The molecule has 0 aliphatic carbocycles. The van der Waals surface area contributed by atoms with Crippen molar-refractivity contribution < 1.29 is 23.9 Å². The van der Waals surface area contributed by atoms with Gasteiger partial charge in [0.05, 0.1) is 12.3 Å². The number of ketones is 1. The number of ether oxygens (including phenoxy) is 2. The predicted molar refractivity (Wildman–Crippen MR) is 203 cm³/mol. The van der Waals surface area contributed by atoms with Crippen molar-refractivity contribution in [2.45, 2.75) is 103 Å². The number of tetrazole rings is 1. The Hall–Kier alpha value is -4.77. The first kappa shape index (κ1) is 40.0. The maximum absolute atomic E-state index is 15.3. The van der Waals surface area contributed by atoms with Gasteiger partial charge in [0.2, 0.25) is 5.91 Å². The lowest BCUT2D eigenvalue weighted by Crippen LogP contribution is -2.57. The number of aromatic nitrogens is 4. The molecule has 1 heterocycles. The van der Waals surface area contributed by atoms with Gasteiger partial charge in [-0.25, -0.2) is 0 Å². The molecule has 4 aromatic rings. The van der Waals surface area contributed by atoms with E-state index in [0.29, 0.717) is 29.1 Å². The Labute approximate surface area is 311 Å². The number of amides is 2. The molecule has 2 atom stereocenters. The first-order chi connectivity index (χ1) is 24.4. The number of hydrogen-bond acceptors (Lipinski definition) is 8. The van der Waals surface area contributed by atoms with E-state index in [1.165, 1.54) is 4.68 Å². The summed E-state index contributed by atoms with van der Waals surface area (Å²) in [5.41, 5.74) is 3.85. The summed E-state index contributed by atoms with van der Waals surface area (Å²) in [6.07, 6.45) is 1.54. The lowest BCUT2D eigenvalue weighted by Gasteiger charge is -2.40. The number of para-hydroxylation sites is 2. The number of nitrogens with zero attached hydrogens (tertiary/aromatic N) is 4. The van der Waals surface area contributed by atoms with Crippen molar-refractivity contribution in [3.8, 4) is 17.4 Å². The number of carbonyl (C=O) groups is 3. The van der Waals surface area contributed by atoms with Gasteiger partial charge < -0.3 is 20.5 Å². The summed E-state index contributed by atoms with van der Waals surface area (Å²) in [4.78, 5) is 42.3. The van der Waals surface area contributed by atoms with Crippen molar-refractivity contribution in [2.24, 2.45) is 11.1 Å². The Morgan fingerprint density at radius 3 is 1.98 bits per heavy atom. The van der Waals surface area contributed by atoms with E-state index in [9.17, 15) is 4.79 Å². The fourth-order valence-electron chi connectivity index (χ4n) is 5.75. The highest BCUT2D eigenvalue weighted by Crippen LogP contribution is 2.47. The molecule has 0 aliphatic heterocycles. The zero-order valence-corrected chi connectivity index (χ0v) is 32.4. The van der Waals surface area contributed by atoms with Gasteiger partial charge in [-0.2, -0.15) is 4.68 Å². The minimum Gasteiger partial charge on any atom is -0.493 e. The third kappa shape index (κ3) is 8.47. The number of alkyl halides is 1. The van der Waals surface area contributed by atoms with Gasteiger partial charge in [-0.1, -0.05) is 110 Å². The molecule has 0 spiro atoms. The minimum atomic E-state index is -2.35. The Balaban J connectivity index is 2.15. The van der Waals surface area contributed by atoms with Crippen molar-refractivity contribution in [2.75, 3.05) is 11.9 Å². The number of anilines is 1. The maximum atomic E-state index is 15.3. The normalized spacial score (nSPS) is 13.9. The van der Waals surface area contributed by atoms with Crippen LogP contribution < -0.4 is 20.5 Å². The van der Waals surface area contributed by atoms with Crippen LogP contribution in [0.25, 0.3) is 5.69 Å². The SMILES string of the molecule is CCC(C)(C)c1cc(C(C)(C)CC)c(C(Oc2nnnn2-c2ccccc2)(C(=O)Nc2ccccc2)C(=O)C(C)(C)C)cc1OCCC(Cl)C(N)=O. The molecular weight excluding hydrogens is 680 g/mol. The molecule has 1 aromatic heterocycles. The number of Topliss-reactive ketones (excluding diaryl/α,β-unsaturated/α-hetero) is 1. The van der Waals surface area contributed by atoms with Crippen molar-refractivity contribution in [1.82, 2.24) is 20.2 Å². The highest BCUT2D eigenvalue weighted by molar-refractivity contribution is 6.30. The number of nitrogens with two attached hydrogens (primary N) is 1. The quantitative estimate of drug-likeness (QED) is 0.0893. The molecule has 2 amide bonds. The smallest absolute Gasteiger partial charge is 0.342 e. The minimum absolute atomic E-state index is 0.0450. The Kier molecular flexibility index (Phi) is 12.2. The average Bonchev–Trinajstić information content (AvgIpc) is 3.58. The van der Waals surface area contributed by atoms with Gasteiger partial charge in [0, 0.05) is 28.7 Å². The van der Waals surface area contributed by atoms with Crippen molar-refractivity contribution >= 4 is 34.9 Å². The van der Waals surface area contributed by atoms with E-state index >= 15 is 9.59 Å². The van der Waals surface area contributed by atoms with Crippen LogP contribution in [0.3, 0.4) is 0 Å². The van der Waals surface area contributed by atoms with E-state index in [4.69, 9.17) is 26.8 Å². The van der Waals surface area contributed by atoms with E-state index in [1.54, 1.807) is 63.2 Å². The standard InChI is InChI=1S/C40H51ClN6O5/c1-10-38(6,7)28-24-30(39(8,9)11-2)32(51-23-22-31(41)33(42)48)25-29(28)40(34(49)37(3,4)5,35(50)43-26-18-14-12-15-19-26)52-36-44-45-46-47(36)27-20-16-13-17-21-27/h12-21,24-25,31H,10-11,22-23H2,1-9H3,(H2,42,48)(H,43,50). The number of rotatable bonds is 16. The molecule has 3 aromatic carbocycles. The molecule has 0 saturated carbocycles. The fourth-order valence-corrected chi connectivity index (χ4v) is 5.84. The molecule has 11 nitrogen and oxygen atoms in total. The first-order valence-electron chi connectivity index (χ1n) is 17.6. The Morgan fingerprint density at radius 1 is 0.846 bits per heavy atom. The van der Waals surface area contributed by atoms with Crippen molar-refractivity contribution in [1.29, 1.82) is 0 Å². The van der Waals surface area contributed by atoms with Gasteiger partial charge in [0.1, 0.15) is 11.1 Å². The Bertz CT molecular complexity index is 1870. The molecular formula is C40H51ClN6O5. The highest BCUT2D eigenvalue weighted by atomic mass is 35.5. The zero-order chi connectivity index (χ0) is 38.5. The second-order valence-corrected chi connectivity index (χ2v) is 15.8. The van der Waals surface area contributed by atoms with Crippen LogP contribution in [0.15, 0.2) is 72.8 Å². The van der Waals surface area contributed by atoms with Gasteiger partial charge in [-0.15, -0.1) is 11.6 Å². The van der Waals surface area contributed by atoms with Gasteiger partial charge in [0.15, 0.2) is 5.78 Å². The lowest BCUT2D eigenvalue weighted by molar-refractivity contribution is -0.153. The molecule has 278 valence electrons. The molecule has 52 heavy (non-hydrogen) atoms. The van der Waals surface area contributed by atoms with Crippen molar-refractivity contribution in [3.05, 3.63) is 89.5 Å². The summed E-state index contributed by atoms with van der Waals surface area (Å²) in [6.45, 7) is 17.7. The number of primary amides is 1. The van der Waals surface area contributed by atoms with Crippen LogP contribution in [0.4, 0.5) is 5.69 Å². The number of hydrogen-bond donors (Lipinski definition) is 2. The number of benzene rings is 3. The van der Waals surface area contributed by atoms with E-state index < -0.39 is 44.8 Å². The second-order valence-electron chi connectivity index (χ2n) is 15.3. The van der Waals surface area contributed by atoms with Gasteiger partial charge >= 0.3 is 6.01 Å². The van der Waals surface area contributed by atoms with Crippen LogP contribution in [0, 0.1) is 5.41 Å². The fraction of sp³-hybridized carbons (Fsp3) is 0.450. The Morgan fingerprint density at radius 2 is 1.42 bits per heavy atom. The van der Waals surface area contributed by atoms with E-state index in [2.05, 4.69) is 62.4 Å². The van der Waals surface area contributed by atoms with Crippen molar-refractivity contribution in [3.63, 3.8) is 0 Å². The summed E-state index contributed by atoms with van der Waals surface area (Å²) >= 11 is 6.21. The number of halogens is 1. The molecule has 0 radical (unpaired) electrons. The first-order valence-corrected chi connectivity index (χ1v) is 18.0. The monoisotopic (exact) mass is 730 g/mol. The third-order valence-electron chi connectivity index (χ3n) is 9.70. The van der Waals surface area contributed by atoms with Gasteiger partial charge in [-0.05, 0) is 70.0 Å². The number of nitrogens with one attached hydrogen (secondary N) is 1. The molecule has 0 bridgehead atoms. The molecule has 12 heteroatoms. The van der Waals surface area contributed by atoms with Crippen LogP contribution in [0.1, 0.15) is 98.3 Å². The molecule has 3 N–H and O–H groups in total. The summed E-state index contributed by atoms with van der Waals surface area (Å²) in [7, 11) is 0. The zero-order valence-electron chi connectivity index (χ0n) is 31.6. The van der Waals surface area contributed by atoms with Crippen LogP contribution in [-0.2, 0) is 30.8 Å². The van der Waals surface area contributed by atoms with E-state index in [0.717, 1.165) is 12.0 Å². The topological polar surface area (TPSA) is 151 Å². The number of carbonyl (C=O) groups excluding carboxylic acids is 3. The van der Waals surface area contributed by atoms with E-state index in [-0.39, 0.29) is 24.6 Å². The van der Waals surface area contributed by atoms with Crippen LogP contribution >= 0.6 is 11.6 Å². The van der Waals surface area contributed by atoms with E-state index in [1.807, 2.05) is 30.3 Å². The molecule has 4 rings (SSSR count). The third-order valence-corrected chi connectivity index (χ3v) is 10.1. The second kappa shape index (κ2) is 15.9. The van der Waals surface area contributed by atoms with Gasteiger partial charge in [-0.3, -0.25) is 14.4 Å². The molecule has 0 saturated heterocycles. The molecule has 0 fully saturated rings. The summed E-state index contributed by atoms with van der Waals surface area (Å²) in [5, 5.41) is 14.3. The maximum Gasteiger partial charge on any atom is 0.342 e. The molecule has 2 unspecified atom stereocenters. The van der Waals surface area contributed by atoms with Crippen LogP contribution in [-0.4, -0.2) is 49.8 Å². The lowest BCUT2D eigenvalue weighted by atomic mass is 9.68. The van der Waals surface area contributed by atoms with Crippen LogP contribution in [0.5, 0.6) is 11.8 Å². The van der Waals surface area contributed by atoms with Gasteiger partial charge in [0.25, 0.3) is 11.5 Å². The summed E-state index contributed by atoms with van der Waals surface area (Å²) in [6, 6.07) is 21.5. The molecule has 0 aliphatic rings. The summed E-state index contributed by atoms with van der Waals surface area (Å²) in [5.74, 6) is -1.52.